The molecule has 2 aromatic carbocycles. The Morgan fingerprint density at radius 3 is 2.30 bits per heavy atom. The SMILES string of the molecule is COc1ccc(CC(C)(O)CNC(=O)C(=O)Nc2ccccc2OC)cc1. The minimum atomic E-state index is -1.21. The highest BCUT2D eigenvalue weighted by Gasteiger charge is 2.24. The predicted molar refractivity (Wildman–Crippen MR) is 102 cm³/mol. The molecule has 27 heavy (non-hydrogen) atoms. The van der Waals surface area contributed by atoms with Crippen molar-refractivity contribution in [1.29, 1.82) is 0 Å². The monoisotopic (exact) mass is 372 g/mol. The van der Waals surface area contributed by atoms with Crippen molar-refractivity contribution in [2.75, 3.05) is 26.1 Å². The van der Waals surface area contributed by atoms with E-state index in [9.17, 15) is 14.7 Å². The van der Waals surface area contributed by atoms with Crippen LogP contribution in [0.15, 0.2) is 48.5 Å². The van der Waals surface area contributed by atoms with Crippen molar-refractivity contribution in [3.63, 3.8) is 0 Å². The minimum Gasteiger partial charge on any atom is -0.497 e. The molecule has 144 valence electrons. The lowest BCUT2D eigenvalue weighted by molar-refractivity contribution is -0.136. The number of hydrogen-bond donors (Lipinski definition) is 3. The van der Waals surface area contributed by atoms with Crippen LogP contribution in [0.5, 0.6) is 11.5 Å². The first-order valence-electron chi connectivity index (χ1n) is 8.42. The third kappa shape index (κ3) is 6.00. The summed E-state index contributed by atoms with van der Waals surface area (Å²) in [4.78, 5) is 24.1. The standard InChI is InChI=1S/C20H24N2O5/c1-20(25,12-14-8-10-15(26-2)11-9-14)13-21-18(23)19(24)22-16-6-4-5-7-17(16)27-3/h4-11,25H,12-13H2,1-3H3,(H,21,23)(H,22,24). The maximum Gasteiger partial charge on any atom is 0.313 e. The summed E-state index contributed by atoms with van der Waals surface area (Å²) in [5.74, 6) is -0.500. The molecule has 0 aliphatic heterocycles. The van der Waals surface area contributed by atoms with Crippen LogP contribution < -0.4 is 20.1 Å². The first-order valence-corrected chi connectivity index (χ1v) is 8.42. The summed E-state index contributed by atoms with van der Waals surface area (Å²) in [5, 5.41) is 15.4. The molecule has 0 aromatic heterocycles. The maximum absolute atomic E-state index is 12.1. The van der Waals surface area contributed by atoms with Crippen molar-refractivity contribution >= 4 is 17.5 Å². The third-order valence-corrected chi connectivity index (χ3v) is 3.94. The molecule has 2 amide bonds. The van der Waals surface area contributed by atoms with E-state index in [0.717, 1.165) is 11.3 Å². The highest BCUT2D eigenvalue weighted by molar-refractivity contribution is 6.39. The van der Waals surface area contributed by atoms with Gasteiger partial charge < -0.3 is 25.2 Å². The molecule has 2 aromatic rings. The molecule has 7 nitrogen and oxygen atoms in total. The van der Waals surface area contributed by atoms with Crippen LogP contribution in [0.2, 0.25) is 0 Å². The second-order valence-electron chi connectivity index (χ2n) is 6.36. The van der Waals surface area contributed by atoms with Crippen LogP contribution in [0.3, 0.4) is 0 Å². The summed E-state index contributed by atoms with van der Waals surface area (Å²) in [5.41, 5.74) is 0.0632. The Morgan fingerprint density at radius 2 is 1.67 bits per heavy atom. The van der Waals surface area contributed by atoms with Crippen LogP contribution in [-0.4, -0.2) is 43.3 Å². The molecule has 0 spiro atoms. The minimum absolute atomic E-state index is 0.0722. The van der Waals surface area contributed by atoms with E-state index in [0.29, 0.717) is 17.9 Å². The second kappa shape index (κ2) is 9.05. The number of carbonyl (C=O) groups is 2. The Hall–Kier alpha value is -3.06. The number of aliphatic hydroxyl groups is 1. The van der Waals surface area contributed by atoms with E-state index in [-0.39, 0.29) is 6.54 Å². The lowest BCUT2D eigenvalue weighted by Crippen LogP contribution is -2.45. The fraction of sp³-hybridized carbons (Fsp3) is 0.300. The van der Waals surface area contributed by atoms with Crippen LogP contribution in [-0.2, 0) is 16.0 Å². The Labute approximate surface area is 158 Å². The van der Waals surface area contributed by atoms with Gasteiger partial charge in [-0.1, -0.05) is 24.3 Å². The Bertz CT molecular complexity index is 787. The fourth-order valence-corrected chi connectivity index (χ4v) is 2.52. The van der Waals surface area contributed by atoms with Gasteiger partial charge in [-0.3, -0.25) is 9.59 Å². The topological polar surface area (TPSA) is 96.9 Å². The molecule has 3 N–H and O–H groups in total. The normalized spacial score (nSPS) is 12.6. The van der Waals surface area contributed by atoms with Gasteiger partial charge in [-0.15, -0.1) is 0 Å². The number of carbonyl (C=O) groups excluding carboxylic acids is 2. The zero-order valence-electron chi connectivity index (χ0n) is 15.6. The molecule has 0 fully saturated rings. The molecule has 0 heterocycles. The van der Waals surface area contributed by atoms with E-state index in [2.05, 4.69) is 10.6 Å². The number of rotatable bonds is 7. The van der Waals surface area contributed by atoms with Gasteiger partial charge in [0, 0.05) is 13.0 Å². The van der Waals surface area contributed by atoms with E-state index in [1.54, 1.807) is 50.4 Å². The van der Waals surface area contributed by atoms with Crippen molar-refractivity contribution in [2.24, 2.45) is 0 Å². The number of amides is 2. The Kier molecular flexibility index (Phi) is 6.79. The number of ether oxygens (including phenoxy) is 2. The predicted octanol–water partition coefficient (Wildman–Crippen LogP) is 1.75. The molecule has 0 saturated carbocycles. The highest BCUT2D eigenvalue weighted by atomic mass is 16.5. The van der Waals surface area contributed by atoms with E-state index < -0.39 is 17.4 Å². The van der Waals surface area contributed by atoms with E-state index in [4.69, 9.17) is 9.47 Å². The summed E-state index contributed by atoms with van der Waals surface area (Å²) >= 11 is 0. The van der Waals surface area contributed by atoms with Crippen LogP contribution in [0.25, 0.3) is 0 Å². The molecule has 7 heteroatoms. The Balaban J connectivity index is 1.89. The molecule has 2 rings (SSSR count). The molecule has 0 bridgehead atoms. The number of hydrogen-bond acceptors (Lipinski definition) is 5. The Morgan fingerprint density at radius 1 is 1.00 bits per heavy atom. The number of benzene rings is 2. The lowest BCUT2D eigenvalue weighted by Gasteiger charge is -2.23. The zero-order chi connectivity index (χ0) is 19.9. The van der Waals surface area contributed by atoms with Gasteiger partial charge in [-0.25, -0.2) is 0 Å². The maximum atomic E-state index is 12.1. The molecule has 0 aliphatic rings. The van der Waals surface area contributed by atoms with Gasteiger partial charge in [0.15, 0.2) is 0 Å². The first kappa shape index (κ1) is 20.3. The quantitative estimate of drug-likeness (QED) is 0.644. The number of methoxy groups -OCH3 is 2. The van der Waals surface area contributed by atoms with Gasteiger partial charge in [0.1, 0.15) is 11.5 Å². The van der Waals surface area contributed by atoms with Crippen molar-refractivity contribution in [3.05, 3.63) is 54.1 Å². The average molecular weight is 372 g/mol. The molecule has 1 unspecified atom stereocenters. The molecule has 0 radical (unpaired) electrons. The highest BCUT2D eigenvalue weighted by Crippen LogP contribution is 2.22. The largest absolute Gasteiger partial charge is 0.497 e. The van der Waals surface area contributed by atoms with Crippen LogP contribution in [0, 0.1) is 0 Å². The van der Waals surface area contributed by atoms with Crippen LogP contribution >= 0.6 is 0 Å². The molecular formula is C20H24N2O5. The second-order valence-corrected chi connectivity index (χ2v) is 6.36. The zero-order valence-corrected chi connectivity index (χ0v) is 15.6. The van der Waals surface area contributed by atoms with Gasteiger partial charge in [-0.2, -0.15) is 0 Å². The smallest absolute Gasteiger partial charge is 0.313 e. The number of para-hydroxylation sites is 2. The summed E-state index contributed by atoms with van der Waals surface area (Å²) in [6, 6.07) is 14.0. The van der Waals surface area contributed by atoms with Crippen LogP contribution in [0.4, 0.5) is 5.69 Å². The average Bonchev–Trinajstić information content (AvgIpc) is 2.67. The van der Waals surface area contributed by atoms with Gasteiger partial charge in [-0.05, 0) is 36.8 Å². The van der Waals surface area contributed by atoms with E-state index in [1.165, 1.54) is 7.11 Å². The van der Waals surface area contributed by atoms with Crippen molar-refractivity contribution in [2.45, 2.75) is 18.9 Å². The summed E-state index contributed by atoms with van der Waals surface area (Å²) in [6.07, 6.45) is 0.311. The van der Waals surface area contributed by atoms with E-state index >= 15 is 0 Å². The fourth-order valence-electron chi connectivity index (χ4n) is 2.52. The number of nitrogens with one attached hydrogen (secondary N) is 2. The summed E-state index contributed by atoms with van der Waals surface area (Å²) in [6.45, 7) is 1.52. The van der Waals surface area contributed by atoms with Crippen LogP contribution in [0.1, 0.15) is 12.5 Å². The number of anilines is 1. The molecule has 1 atom stereocenters. The van der Waals surface area contributed by atoms with Gasteiger partial charge in [0.2, 0.25) is 0 Å². The van der Waals surface area contributed by atoms with E-state index in [1.807, 2.05) is 12.1 Å². The van der Waals surface area contributed by atoms with Crippen molar-refractivity contribution in [1.82, 2.24) is 5.32 Å². The molecular weight excluding hydrogens is 348 g/mol. The summed E-state index contributed by atoms with van der Waals surface area (Å²) < 4.78 is 10.2. The third-order valence-electron chi connectivity index (χ3n) is 3.94. The van der Waals surface area contributed by atoms with Gasteiger partial charge >= 0.3 is 11.8 Å². The molecule has 0 aliphatic carbocycles. The first-order chi connectivity index (χ1) is 12.8. The lowest BCUT2D eigenvalue weighted by atomic mass is 9.96. The summed E-state index contributed by atoms with van der Waals surface area (Å²) in [7, 11) is 3.05. The van der Waals surface area contributed by atoms with Gasteiger partial charge in [0.25, 0.3) is 0 Å². The van der Waals surface area contributed by atoms with Gasteiger partial charge in [0.05, 0.1) is 25.5 Å². The molecule has 0 saturated heterocycles. The van der Waals surface area contributed by atoms with Crippen molar-refractivity contribution in [3.8, 4) is 11.5 Å². The van der Waals surface area contributed by atoms with Crippen molar-refractivity contribution < 1.29 is 24.2 Å².